The Bertz CT molecular complexity index is 646. The monoisotopic (exact) mass is 288 g/mol. The Kier molecular flexibility index (Phi) is 4.22. The number of carbonyl (C=O) groups is 2. The van der Waals surface area contributed by atoms with Crippen LogP contribution in [0.4, 0.5) is 17.2 Å². The molecule has 0 saturated carbocycles. The number of anilines is 3. The molecular weight excluding hydrogens is 272 g/mol. The van der Waals surface area contributed by atoms with Crippen molar-refractivity contribution in [2.24, 2.45) is 0 Å². The summed E-state index contributed by atoms with van der Waals surface area (Å²) in [6, 6.07) is 8.65. The van der Waals surface area contributed by atoms with Crippen LogP contribution in [0, 0.1) is 6.92 Å². The molecule has 0 unspecified atom stereocenters. The zero-order chi connectivity index (χ0) is 15.4. The molecule has 0 aliphatic carbocycles. The Labute approximate surface area is 121 Å². The number of benzene rings is 1. The zero-order valence-electron chi connectivity index (χ0n) is 12.0. The molecule has 2 amide bonds. The standard InChI is InChI=1S/C14H16N4O3/c1-9-8-12(17-21-9)16-14(20)13(19)15-10-4-6-11(7-5-10)18(2)3/h4-8H,1-3H3,(H,15,19)(H,16,17,20). The van der Waals surface area contributed by atoms with E-state index in [1.807, 2.05) is 31.1 Å². The Morgan fingerprint density at radius 2 is 1.71 bits per heavy atom. The predicted molar refractivity (Wildman–Crippen MR) is 79.3 cm³/mol. The fourth-order valence-corrected chi connectivity index (χ4v) is 1.63. The van der Waals surface area contributed by atoms with Crippen LogP contribution >= 0.6 is 0 Å². The number of amides is 2. The van der Waals surface area contributed by atoms with Gasteiger partial charge in [-0.05, 0) is 31.2 Å². The van der Waals surface area contributed by atoms with Gasteiger partial charge in [-0.1, -0.05) is 5.16 Å². The molecule has 0 radical (unpaired) electrons. The van der Waals surface area contributed by atoms with Gasteiger partial charge in [0.1, 0.15) is 5.76 Å². The molecule has 1 aromatic heterocycles. The van der Waals surface area contributed by atoms with Crippen molar-refractivity contribution in [2.75, 3.05) is 29.6 Å². The largest absolute Gasteiger partial charge is 0.378 e. The summed E-state index contributed by atoms with van der Waals surface area (Å²) in [6.45, 7) is 1.69. The Hall–Kier alpha value is -2.83. The van der Waals surface area contributed by atoms with Gasteiger partial charge in [-0.15, -0.1) is 0 Å². The molecule has 0 atom stereocenters. The second-order valence-electron chi connectivity index (χ2n) is 4.67. The van der Waals surface area contributed by atoms with Crippen molar-refractivity contribution in [2.45, 2.75) is 6.92 Å². The highest BCUT2D eigenvalue weighted by molar-refractivity contribution is 6.43. The maximum absolute atomic E-state index is 11.8. The fourth-order valence-electron chi connectivity index (χ4n) is 1.63. The molecule has 0 fully saturated rings. The lowest BCUT2D eigenvalue weighted by Gasteiger charge is -2.12. The molecule has 0 spiro atoms. The maximum Gasteiger partial charge on any atom is 0.315 e. The van der Waals surface area contributed by atoms with E-state index in [1.165, 1.54) is 6.07 Å². The number of nitrogens with one attached hydrogen (secondary N) is 2. The normalized spacial score (nSPS) is 10.0. The van der Waals surface area contributed by atoms with E-state index in [1.54, 1.807) is 19.1 Å². The Morgan fingerprint density at radius 3 is 2.24 bits per heavy atom. The first-order valence-electron chi connectivity index (χ1n) is 6.29. The summed E-state index contributed by atoms with van der Waals surface area (Å²) in [5.41, 5.74) is 1.53. The van der Waals surface area contributed by atoms with Gasteiger partial charge in [0.15, 0.2) is 5.82 Å². The van der Waals surface area contributed by atoms with Crippen LogP contribution in [0.1, 0.15) is 5.76 Å². The highest BCUT2D eigenvalue weighted by atomic mass is 16.5. The van der Waals surface area contributed by atoms with E-state index in [0.29, 0.717) is 11.4 Å². The Balaban J connectivity index is 1.95. The van der Waals surface area contributed by atoms with Gasteiger partial charge in [0.25, 0.3) is 0 Å². The summed E-state index contributed by atoms with van der Waals surface area (Å²) in [5.74, 6) is -0.825. The lowest BCUT2D eigenvalue weighted by molar-refractivity contribution is -0.133. The van der Waals surface area contributed by atoms with E-state index in [-0.39, 0.29) is 5.82 Å². The van der Waals surface area contributed by atoms with E-state index in [0.717, 1.165) is 5.69 Å². The highest BCUT2D eigenvalue weighted by Gasteiger charge is 2.15. The van der Waals surface area contributed by atoms with Crippen LogP contribution in [0.15, 0.2) is 34.9 Å². The minimum Gasteiger partial charge on any atom is -0.378 e. The van der Waals surface area contributed by atoms with E-state index in [9.17, 15) is 9.59 Å². The van der Waals surface area contributed by atoms with Gasteiger partial charge in [0.05, 0.1) is 0 Å². The van der Waals surface area contributed by atoms with Gasteiger partial charge in [-0.25, -0.2) is 0 Å². The SMILES string of the molecule is Cc1cc(NC(=O)C(=O)Nc2ccc(N(C)C)cc2)no1. The molecule has 1 aromatic carbocycles. The van der Waals surface area contributed by atoms with E-state index < -0.39 is 11.8 Å². The molecule has 0 aliphatic rings. The highest BCUT2D eigenvalue weighted by Crippen LogP contribution is 2.15. The van der Waals surface area contributed by atoms with Gasteiger partial charge in [-0.2, -0.15) is 0 Å². The number of carbonyl (C=O) groups excluding carboxylic acids is 2. The van der Waals surface area contributed by atoms with Crippen molar-refractivity contribution < 1.29 is 14.1 Å². The van der Waals surface area contributed by atoms with Crippen molar-refractivity contribution in [3.05, 3.63) is 36.1 Å². The molecule has 21 heavy (non-hydrogen) atoms. The van der Waals surface area contributed by atoms with Crippen molar-refractivity contribution in [1.82, 2.24) is 5.16 Å². The number of aromatic nitrogens is 1. The van der Waals surface area contributed by atoms with E-state index in [2.05, 4.69) is 15.8 Å². The van der Waals surface area contributed by atoms with Crippen molar-refractivity contribution in [1.29, 1.82) is 0 Å². The first kappa shape index (κ1) is 14.6. The number of nitrogens with zero attached hydrogens (tertiary/aromatic N) is 2. The second-order valence-corrected chi connectivity index (χ2v) is 4.67. The number of aryl methyl sites for hydroxylation is 1. The minimum atomic E-state index is -0.806. The smallest absolute Gasteiger partial charge is 0.315 e. The van der Waals surface area contributed by atoms with Crippen LogP contribution in [0.3, 0.4) is 0 Å². The predicted octanol–water partition coefficient (Wildman–Crippen LogP) is 1.63. The maximum atomic E-state index is 11.8. The first-order valence-corrected chi connectivity index (χ1v) is 6.29. The first-order chi connectivity index (χ1) is 9.95. The summed E-state index contributed by atoms with van der Waals surface area (Å²) < 4.78 is 4.80. The van der Waals surface area contributed by atoms with Gasteiger partial charge in [-0.3, -0.25) is 14.9 Å². The van der Waals surface area contributed by atoms with Crippen LogP contribution < -0.4 is 15.5 Å². The van der Waals surface area contributed by atoms with Gasteiger partial charge < -0.3 is 14.7 Å². The van der Waals surface area contributed by atoms with Crippen molar-refractivity contribution in [3.63, 3.8) is 0 Å². The number of rotatable bonds is 3. The van der Waals surface area contributed by atoms with Crippen LogP contribution in [-0.2, 0) is 9.59 Å². The molecule has 0 saturated heterocycles. The average Bonchev–Trinajstić information content (AvgIpc) is 2.84. The molecule has 2 N–H and O–H groups in total. The number of hydrogen-bond donors (Lipinski definition) is 2. The lowest BCUT2D eigenvalue weighted by Crippen LogP contribution is -2.29. The summed E-state index contributed by atoms with van der Waals surface area (Å²) in [7, 11) is 3.84. The summed E-state index contributed by atoms with van der Waals surface area (Å²) in [4.78, 5) is 25.4. The van der Waals surface area contributed by atoms with Crippen LogP contribution in [-0.4, -0.2) is 31.1 Å². The molecule has 0 bridgehead atoms. The fraction of sp³-hybridized carbons (Fsp3) is 0.214. The lowest BCUT2D eigenvalue weighted by atomic mass is 10.2. The molecule has 7 heteroatoms. The molecule has 1 heterocycles. The quantitative estimate of drug-likeness (QED) is 0.838. The summed E-state index contributed by atoms with van der Waals surface area (Å²) in [6.07, 6.45) is 0. The molecule has 0 aliphatic heterocycles. The Morgan fingerprint density at radius 1 is 1.10 bits per heavy atom. The molecule has 2 aromatic rings. The van der Waals surface area contributed by atoms with Gasteiger partial charge in [0.2, 0.25) is 0 Å². The minimum absolute atomic E-state index is 0.204. The van der Waals surface area contributed by atoms with Crippen LogP contribution in [0.2, 0.25) is 0 Å². The van der Waals surface area contributed by atoms with Crippen LogP contribution in [0.5, 0.6) is 0 Å². The second kappa shape index (κ2) is 6.08. The molecule has 110 valence electrons. The molecular formula is C14H16N4O3. The zero-order valence-corrected chi connectivity index (χ0v) is 12.0. The number of hydrogen-bond acceptors (Lipinski definition) is 5. The van der Waals surface area contributed by atoms with Crippen LogP contribution in [0.25, 0.3) is 0 Å². The van der Waals surface area contributed by atoms with Gasteiger partial charge in [0, 0.05) is 31.5 Å². The van der Waals surface area contributed by atoms with E-state index in [4.69, 9.17) is 4.52 Å². The third kappa shape index (κ3) is 3.82. The third-order valence-electron chi connectivity index (χ3n) is 2.72. The summed E-state index contributed by atoms with van der Waals surface area (Å²) in [5, 5.41) is 8.44. The topological polar surface area (TPSA) is 87.5 Å². The molecule has 7 nitrogen and oxygen atoms in total. The third-order valence-corrected chi connectivity index (χ3v) is 2.72. The van der Waals surface area contributed by atoms with E-state index >= 15 is 0 Å². The molecule has 2 rings (SSSR count). The van der Waals surface area contributed by atoms with Crippen molar-refractivity contribution in [3.8, 4) is 0 Å². The van der Waals surface area contributed by atoms with Crippen molar-refractivity contribution >= 4 is 29.0 Å². The summed E-state index contributed by atoms with van der Waals surface area (Å²) >= 11 is 0. The average molecular weight is 288 g/mol. The van der Waals surface area contributed by atoms with Gasteiger partial charge >= 0.3 is 11.8 Å².